The molecule has 0 bridgehead atoms. The fourth-order valence-corrected chi connectivity index (χ4v) is 1.60. The third-order valence-corrected chi connectivity index (χ3v) is 2.87. The van der Waals surface area contributed by atoms with Crippen LogP contribution < -0.4 is 10.6 Å². The lowest BCUT2D eigenvalue weighted by molar-refractivity contribution is -0.133. The fourth-order valence-electron chi connectivity index (χ4n) is 1.60. The summed E-state index contributed by atoms with van der Waals surface area (Å²) in [6.07, 6.45) is 0.648. The van der Waals surface area contributed by atoms with Crippen LogP contribution in [0.2, 0.25) is 0 Å². The fraction of sp³-hybridized carbons (Fsp3) is 0.867. The molecular weight excluding hydrogens is 254 g/mol. The second-order valence-corrected chi connectivity index (χ2v) is 7.00. The molecule has 0 heterocycles. The zero-order chi connectivity index (χ0) is 15.9. The largest absolute Gasteiger partial charge is 0.353 e. The Morgan fingerprint density at radius 1 is 1.15 bits per heavy atom. The first-order chi connectivity index (χ1) is 9.04. The van der Waals surface area contributed by atoms with Crippen molar-refractivity contribution < 1.29 is 9.59 Å². The highest BCUT2D eigenvalue weighted by Gasteiger charge is 2.27. The summed E-state index contributed by atoms with van der Waals surface area (Å²) >= 11 is 0. The number of carbonyl (C=O) groups excluding carboxylic acids is 2. The molecule has 118 valence electrons. The smallest absolute Gasteiger partial charge is 0.242 e. The molecule has 0 saturated carbocycles. The summed E-state index contributed by atoms with van der Waals surface area (Å²) in [7, 11) is 3.91. The maximum atomic E-state index is 12.2. The molecule has 0 saturated heterocycles. The van der Waals surface area contributed by atoms with E-state index in [4.69, 9.17) is 0 Å². The molecular formula is C15H31N3O2. The lowest BCUT2D eigenvalue weighted by Crippen LogP contribution is -2.51. The molecule has 0 aliphatic carbocycles. The first-order valence-corrected chi connectivity index (χ1v) is 7.27. The van der Waals surface area contributed by atoms with Crippen LogP contribution in [0, 0.1) is 11.3 Å². The van der Waals surface area contributed by atoms with Crippen LogP contribution in [0.5, 0.6) is 0 Å². The molecule has 5 heteroatoms. The van der Waals surface area contributed by atoms with E-state index >= 15 is 0 Å². The van der Waals surface area contributed by atoms with Gasteiger partial charge in [-0.25, -0.2) is 0 Å². The average Bonchev–Trinajstić information content (AvgIpc) is 2.25. The van der Waals surface area contributed by atoms with E-state index < -0.39 is 11.5 Å². The zero-order valence-corrected chi connectivity index (χ0v) is 14.0. The van der Waals surface area contributed by atoms with Gasteiger partial charge in [0.25, 0.3) is 0 Å². The van der Waals surface area contributed by atoms with Gasteiger partial charge >= 0.3 is 0 Å². The summed E-state index contributed by atoms with van der Waals surface area (Å²) in [5.74, 6) is 0.156. The third kappa shape index (κ3) is 8.15. The highest BCUT2D eigenvalue weighted by molar-refractivity contribution is 5.89. The van der Waals surface area contributed by atoms with Gasteiger partial charge in [-0.15, -0.1) is 0 Å². The van der Waals surface area contributed by atoms with Crippen molar-refractivity contribution in [2.24, 2.45) is 11.3 Å². The molecule has 0 aliphatic rings. The Morgan fingerprint density at radius 2 is 1.70 bits per heavy atom. The van der Waals surface area contributed by atoms with E-state index in [0.29, 0.717) is 18.9 Å². The summed E-state index contributed by atoms with van der Waals surface area (Å²) in [6, 6.07) is -0.455. The van der Waals surface area contributed by atoms with Gasteiger partial charge < -0.3 is 15.5 Å². The minimum atomic E-state index is -0.487. The monoisotopic (exact) mass is 285 g/mol. The molecule has 0 aromatic rings. The van der Waals surface area contributed by atoms with Gasteiger partial charge in [-0.2, -0.15) is 0 Å². The van der Waals surface area contributed by atoms with Crippen molar-refractivity contribution in [3.05, 3.63) is 0 Å². The summed E-state index contributed by atoms with van der Waals surface area (Å²) < 4.78 is 0. The molecule has 1 atom stereocenters. The normalized spacial score (nSPS) is 13.4. The van der Waals surface area contributed by atoms with Crippen molar-refractivity contribution in [1.29, 1.82) is 0 Å². The summed E-state index contributed by atoms with van der Waals surface area (Å²) in [5.41, 5.74) is -0.487. The van der Waals surface area contributed by atoms with Gasteiger partial charge in [0.1, 0.15) is 6.04 Å². The van der Waals surface area contributed by atoms with Crippen molar-refractivity contribution in [1.82, 2.24) is 15.5 Å². The zero-order valence-electron chi connectivity index (χ0n) is 14.0. The number of nitrogens with zero attached hydrogens (tertiary/aromatic N) is 1. The number of hydrogen-bond donors (Lipinski definition) is 2. The molecule has 2 N–H and O–H groups in total. The van der Waals surface area contributed by atoms with Crippen LogP contribution in [0.3, 0.4) is 0 Å². The molecule has 1 unspecified atom stereocenters. The predicted molar refractivity (Wildman–Crippen MR) is 82.4 cm³/mol. The number of hydrogen-bond acceptors (Lipinski definition) is 3. The SMILES string of the molecule is CC(C)CC(NC(=O)C(C)(C)C)C(=O)NCCN(C)C. The molecule has 0 aromatic carbocycles. The minimum absolute atomic E-state index is 0.0918. The second-order valence-electron chi connectivity index (χ2n) is 7.00. The van der Waals surface area contributed by atoms with Gasteiger partial charge in [0.2, 0.25) is 11.8 Å². The van der Waals surface area contributed by atoms with Crippen molar-refractivity contribution in [3.63, 3.8) is 0 Å². The summed E-state index contributed by atoms with van der Waals surface area (Å²) in [6.45, 7) is 11.0. The number of rotatable bonds is 7. The second kappa shape index (κ2) is 8.25. The topological polar surface area (TPSA) is 61.4 Å². The van der Waals surface area contributed by atoms with E-state index in [2.05, 4.69) is 10.6 Å². The van der Waals surface area contributed by atoms with Crippen LogP contribution in [0.25, 0.3) is 0 Å². The van der Waals surface area contributed by atoms with E-state index in [1.165, 1.54) is 0 Å². The van der Waals surface area contributed by atoms with Crippen LogP contribution in [-0.4, -0.2) is 49.9 Å². The Hall–Kier alpha value is -1.10. The Kier molecular flexibility index (Phi) is 7.79. The molecule has 5 nitrogen and oxygen atoms in total. The molecule has 0 fully saturated rings. The quantitative estimate of drug-likeness (QED) is 0.740. The Balaban J connectivity index is 4.55. The molecule has 0 rings (SSSR count). The number of carbonyl (C=O) groups is 2. The lowest BCUT2D eigenvalue weighted by Gasteiger charge is -2.25. The first-order valence-electron chi connectivity index (χ1n) is 7.27. The van der Waals surface area contributed by atoms with Crippen molar-refractivity contribution >= 4 is 11.8 Å². The van der Waals surface area contributed by atoms with E-state index in [-0.39, 0.29) is 11.8 Å². The van der Waals surface area contributed by atoms with Crippen LogP contribution >= 0.6 is 0 Å². The van der Waals surface area contributed by atoms with Gasteiger partial charge in [0.15, 0.2) is 0 Å². The Morgan fingerprint density at radius 3 is 2.10 bits per heavy atom. The third-order valence-electron chi connectivity index (χ3n) is 2.87. The van der Waals surface area contributed by atoms with Gasteiger partial charge in [-0.3, -0.25) is 9.59 Å². The van der Waals surface area contributed by atoms with Gasteiger partial charge in [-0.05, 0) is 26.4 Å². The predicted octanol–water partition coefficient (Wildman–Crippen LogP) is 1.24. The van der Waals surface area contributed by atoms with E-state index in [9.17, 15) is 9.59 Å². The average molecular weight is 285 g/mol. The summed E-state index contributed by atoms with van der Waals surface area (Å²) in [4.78, 5) is 26.2. The van der Waals surface area contributed by atoms with E-state index in [1.54, 1.807) is 0 Å². The molecule has 20 heavy (non-hydrogen) atoms. The molecule has 0 radical (unpaired) electrons. The molecule has 2 amide bonds. The maximum Gasteiger partial charge on any atom is 0.242 e. The Bertz CT molecular complexity index is 320. The number of likely N-dealkylation sites (N-methyl/N-ethyl adjacent to an activating group) is 1. The Labute approximate surface area is 123 Å². The van der Waals surface area contributed by atoms with Crippen LogP contribution in [0.4, 0.5) is 0 Å². The number of amides is 2. The van der Waals surface area contributed by atoms with Gasteiger partial charge in [0, 0.05) is 18.5 Å². The molecule has 0 aromatic heterocycles. The first kappa shape index (κ1) is 18.9. The van der Waals surface area contributed by atoms with Crippen LogP contribution in [0.1, 0.15) is 41.0 Å². The minimum Gasteiger partial charge on any atom is -0.353 e. The van der Waals surface area contributed by atoms with Crippen LogP contribution in [-0.2, 0) is 9.59 Å². The molecule has 0 spiro atoms. The van der Waals surface area contributed by atoms with Crippen molar-refractivity contribution in [3.8, 4) is 0 Å². The van der Waals surface area contributed by atoms with E-state index in [1.807, 2.05) is 53.6 Å². The summed E-state index contributed by atoms with van der Waals surface area (Å²) in [5, 5.41) is 5.74. The highest BCUT2D eigenvalue weighted by Crippen LogP contribution is 2.14. The maximum absolute atomic E-state index is 12.2. The van der Waals surface area contributed by atoms with Crippen LogP contribution in [0.15, 0.2) is 0 Å². The van der Waals surface area contributed by atoms with Gasteiger partial charge in [-0.1, -0.05) is 34.6 Å². The van der Waals surface area contributed by atoms with Crippen molar-refractivity contribution in [2.75, 3.05) is 27.2 Å². The highest BCUT2D eigenvalue weighted by atomic mass is 16.2. The van der Waals surface area contributed by atoms with Gasteiger partial charge in [0.05, 0.1) is 0 Å². The standard InChI is InChI=1S/C15H31N3O2/c1-11(2)10-12(17-14(20)15(3,4)5)13(19)16-8-9-18(6)7/h11-12H,8-10H2,1-7H3,(H,16,19)(H,17,20). The molecule has 0 aliphatic heterocycles. The lowest BCUT2D eigenvalue weighted by atomic mass is 9.94. The van der Waals surface area contributed by atoms with Crippen molar-refractivity contribution in [2.45, 2.75) is 47.1 Å². The number of nitrogens with one attached hydrogen (secondary N) is 2. The van der Waals surface area contributed by atoms with E-state index in [0.717, 1.165) is 6.54 Å².